The van der Waals surface area contributed by atoms with Gasteiger partial charge in [0.1, 0.15) is 5.75 Å². The quantitative estimate of drug-likeness (QED) is 0.765. The summed E-state index contributed by atoms with van der Waals surface area (Å²) < 4.78 is 5.78. The van der Waals surface area contributed by atoms with Crippen LogP contribution in [0.15, 0.2) is 24.3 Å². The third-order valence-corrected chi connectivity index (χ3v) is 3.75. The van der Waals surface area contributed by atoms with E-state index in [0.29, 0.717) is 12.5 Å². The highest BCUT2D eigenvalue weighted by molar-refractivity contribution is 5.93. The summed E-state index contributed by atoms with van der Waals surface area (Å²) in [5.41, 5.74) is 0.770. The lowest BCUT2D eigenvalue weighted by Crippen LogP contribution is -2.29. The van der Waals surface area contributed by atoms with Crippen LogP contribution in [0.5, 0.6) is 5.75 Å². The van der Waals surface area contributed by atoms with Gasteiger partial charge < -0.3 is 15.4 Å². The molecule has 20 heavy (non-hydrogen) atoms. The standard InChI is InChI=1S/C16H22N2O2/c19-16(10-17-9-12-5-6-12)18-14-3-1-2-4-15(14)20-11-13-7-8-13/h1-4,12-13,17H,5-11H2,(H,18,19). The van der Waals surface area contributed by atoms with E-state index in [1.807, 2.05) is 24.3 Å². The summed E-state index contributed by atoms with van der Waals surface area (Å²) >= 11 is 0. The van der Waals surface area contributed by atoms with E-state index in [9.17, 15) is 4.79 Å². The molecule has 2 N–H and O–H groups in total. The highest BCUT2D eigenvalue weighted by Gasteiger charge is 2.22. The first-order valence-electron chi connectivity index (χ1n) is 7.53. The van der Waals surface area contributed by atoms with Gasteiger partial charge in [0.2, 0.25) is 5.91 Å². The fourth-order valence-corrected chi connectivity index (χ4v) is 2.09. The largest absolute Gasteiger partial charge is 0.491 e. The molecule has 1 aromatic rings. The third-order valence-electron chi connectivity index (χ3n) is 3.75. The Balaban J connectivity index is 1.47. The Morgan fingerprint density at radius 1 is 1.15 bits per heavy atom. The van der Waals surface area contributed by atoms with Crippen LogP contribution in [0.25, 0.3) is 0 Å². The zero-order valence-electron chi connectivity index (χ0n) is 11.7. The van der Waals surface area contributed by atoms with Crippen LogP contribution in [-0.4, -0.2) is 25.6 Å². The molecule has 0 heterocycles. The SMILES string of the molecule is O=C(CNCC1CC1)Nc1ccccc1OCC1CC1. The first kappa shape index (κ1) is 13.4. The molecule has 2 fully saturated rings. The van der Waals surface area contributed by atoms with Crippen molar-refractivity contribution in [3.63, 3.8) is 0 Å². The minimum Gasteiger partial charge on any atom is -0.491 e. The van der Waals surface area contributed by atoms with E-state index in [2.05, 4.69) is 10.6 Å². The smallest absolute Gasteiger partial charge is 0.238 e. The van der Waals surface area contributed by atoms with Crippen LogP contribution in [0.4, 0.5) is 5.69 Å². The minimum atomic E-state index is -0.00637. The minimum absolute atomic E-state index is 0.00637. The number of rotatable bonds is 8. The molecule has 4 heteroatoms. The monoisotopic (exact) mass is 274 g/mol. The van der Waals surface area contributed by atoms with Crippen molar-refractivity contribution in [3.05, 3.63) is 24.3 Å². The van der Waals surface area contributed by atoms with Crippen molar-refractivity contribution in [3.8, 4) is 5.75 Å². The van der Waals surface area contributed by atoms with Crippen LogP contribution >= 0.6 is 0 Å². The number of hydrogen-bond donors (Lipinski definition) is 2. The van der Waals surface area contributed by atoms with E-state index in [1.54, 1.807) is 0 Å². The maximum atomic E-state index is 11.9. The fourth-order valence-electron chi connectivity index (χ4n) is 2.09. The summed E-state index contributed by atoms with van der Waals surface area (Å²) in [7, 11) is 0. The van der Waals surface area contributed by atoms with Crippen molar-refractivity contribution in [1.29, 1.82) is 0 Å². The van der Waals surface area contributed by atoms with Crippen molar-refractivity contribution in [2.75, 3.05) is 25.0 Å². The Morgan fingerprint density at radius 2 is 1.90 bits per heavy atom. The average molecular weight is 274 g/mol. The molecule has 2 aliphatic rings. The summed E-state index contributed by atoms with van der Waals surface area (Å²) in [6.07, 6.45) is 5.12. The molecular formula is C16H22N2O2. The molecular weight excluding hydrogens is 252 g/mol. The summed E-state index contributed by atoms with van der Waals surface area (Å²) in [6.45, 7) is 2.08. The topological polar surface area (TPSA) is 50.4 Å². The Bertz CT molecular complexity index is 467. The molecule has 0 spiro atoms. The lowest BCUT2D eigenvalue weighted by atomic mass is 10.3. The number of carbonyl (C=O) groups excluding carboxylic acids is 1. The summed E-state index contributed by atoms with van der Waals surface area (Å²) in [4.78, 5) is 11.9. The van der Waals surface area contributed by atoms with E-state index in [-0.39, 0.29) is 5.91 Å². The van der Waals surface area contributed by atoms with Crippen molar-refractivity contribution in [2.24, 2.45) is 11.8 Å². The predicted octanol–water partition coefficient (Wildman–Crippen LogP) is 2.41. The van der Waals surface area contributed by atoms with Crippen LogP contribution in [0.3, 0.4) is 0 Å². The van der Waals surface area contributed by atoms with Crippen LogP contribution in [0.1, 0.15) is 25.7 Å². The number of benzene rings is 1. The van der Waals surface area contributed by atoms with Gasteiger partial charge >= 0.3 is 0 Å². The molecule has 0 bridgehead atoms. The molecule has 108 valence electrons. The Morgan fingerprint density at radius 3 is 2.65 bits per heavy atom. The number of hydrogen-bond acceptors (Lipinski definition) is 3. The molecule has 0 aliphatic heterocycles. The van der Waals surface area contributed by atoms with Gasteiger partial charge in [-0.15, -0.1) is 0 Å². The first-order chi connectivity index (χ1) is 9.81. The van der Waals surface area contributed by atoms with Gasteiger partial charge in [0.05, 0.1) is 18.8 Å². The second-order valence-electron chi connectivity index (χ2n) is 5.87. The normalized spacial score (nSPS) is 17.8. The molecule has 2 saturated carbocycles. The molecule has 4 nitrogen and oxygen atoms in total. The van der Waals surface area contributed by atoms with Gasteiger partial charge in [0, 0.05) is 0 Å². The Kier molecular flexibility index (Phi) is 4.21. The summed E-state index contributed by atoms with van der Waals surface area (Å²) in [5.74, 6) is 2.26. The van der Waals surface area contributed by atoms with E-state index >= 15 is 0 Å². The van der Waals surface area contributed by atoms with Crippen molar-refractivity contribution in [1.82, 2.24) is 5.32 Å². The number of para-hydroxylation sites is 2. The number of anilines is 1. The van der Waals surface area contributed by atoms with Crippen molar-refractivity contribution in [2.45, 2.75) is 25.7 Å². The highest BCUT2D eigenvalue weighted by Crippen LogP contribution is 2.31. The molecule has 2 aliphatic carbocycles. The second-order valence-corrected chi connectivity index (χ2v) is 5.87. The summed E-state index contributed by atoms with van der Waals surface area (Å²) in [6, 6.07) is 7.65. The fraction of sp³-hybridized carbons (Fsp3) is 0.562. The molecule has 0 atom stereocenters. The Hall–Kier alpha value is -1.55. The molecule has 0 radical (unpaired) electrons. The van der Waals surface area contributed by atoms with Gasteiger partial charge in [-0.05, 0) is 56.2 Å². The zero-order valence-corrected chi connectivity index (χ0v) is 11.7. The van der Waals surface area contributed by atoms with Gasteiger partial charge in [-0.1, -0.05) is 12.1 Å². The zero-order chi connectivity index (χ0) is 13.8. The average Bonchev–Trinajstić information content (AvgIpc) is 3.32. The number of ether oxygens (including phenoxy) is 1. The van der Waals surface area contributed by atoms with Crippen LogP contribution in [-0.2, 0) is 4.79 Å². The van der Waals surface area contributed by atoms with E-state index in [0.717, 1.165) is 30.5 Å². The van der Waals surface area contributed by atoms with E-state index in [4.69, 9.17) is 4.74 Å². The van der Waals surface area contributed by atoms with Crippen LogP contribution < -0.4 is 15.4 Å². The van der Waals surface area contributed by atoms with Gasteiger partial charge in [-0.3, -0.25) is 4.79 Å². The molecule has 1 amide bonds. The van der Waals surface area contributed by atoms with Crippen molar-refractivity contribution >= 4 is 11.6 Å². The summed E-state index contributed by atoms with van der Waals surface area (Å²) in [5, 5.41) is 6.12. The maximum absolute atomic E-state index is 11.9. The lowest BCUT2D eigenvalue weighted by Gasteiger charge is -2.12. The number of nitrogens with one attached hydrogen (secondary N) is 2. The number of amides is 1. The highest BCUT2D eigenvalue weighted by atomic mass is 16.5. The molecule has 0 unspecified atom stereocenters. The van der Waals surface area contributed by atoms with Crippen LogP contribution in [0.2, 0.25) is 0 Å². The third kappa shape index (κ3) is 4.23. The second kappa shape index (κ2) is 6.27. The Labute approximate surface area is 119 Å². The maximum Gasteiger partial charge on any atom is 0.238 e. The molecule has 0 saturated heterocycles. The lowest BCUT2D eigenvalue weighted by molar-refractivity contribution is -0.115. The number of carbonyl (C=O) groups is 1. The predicted molar refractivity (Wildman–Crippen MR) is 78.9 cm³/mol. The van der Waals surface area contributed by atoms with E-state index < -0.39 is 0 Å². The molecule has 0 aromatic heterocycles. The van der Waals surface area contributed by atoms with E-state index in [1.165, 1.54) is 25.7 Å². The van der Waals surface area contributed by atoms with Gasteiger partial charge in [0.25, 0.3) is 0 Å². The molecule has 1 aromatic carbocycles. The van der Waals surface area contributed by atoms with Crippen LogP contribution in [0, 0.1) is 11.8 Å². The van der Waals surface area contributed by atoms with Crippen molar-refractivity contribution < 1.29 is 9.53 Å². The molecule has 3 rings (SSSR count). The van der Waals surface area contributed by atoms with Gasteiger partial charge in [0.15, 0.2) is 0 Å². The first-order valence-corrected chi connectivity index (χ1v) is 7.53. The van der Waals surface area contributed by atoms with Gasteiger partial charge in [-0.2, -0.15) is 0 Å². The van der Waals surface area contributed by atoms with Gasteiger partial charge in [-0.25, -0.2) is 0 Å².